The summed E-state index contributed by atoms with van der Waals surface area (Å²) in [5.41, 5.74) is 3.05. The third kappa shape index (κ3) is 6.41. The van der Waals surface area contributed by atoms with Gasteiger partial charge in [-0.2, -0.15) is 0 Å². The number of benzene rings is 2. The summed E-state index contributed by atoms with van der Waals surface area (Å²) >= 11 is 11.9. The zero-order valence-corrected chi connectivity index (χ0v) is 22.3. The SMILES string of the molecule is O=C(NCc1ccnc(Cl)c1)n1c2c(c3cc(F)c(OC(F)(F)F)cc31)CN(CC=Cc1ccc(Cl)cc1)CC2. The zero-order chi connectivity index (χ0) is 28.4. The molecule has 0 aliphatic carbocycles. The number of amides is 1. The molecule has 6 nitrogen and oxygen atoms in total. The van der Waals surface area contributed by atoms with E-state index in [1.54, 1.807) is 24.3 Å². The van der Waals surface area contributed by atoms with Crippen molar-refractivity contribution in [2.24, 2.45) is 0 Å². The molecule has 0 unspecified atom stereocenters. The van der Waals surface area contributed by atoms with Crippen LogP contribution in [0.2, 0.25) is 10.2 Å². The quantitative estimate of drug-likeness (QED) is 0.190. The van der Waals surface area contributed by atoms with Crippen LogP contribution in [0.4, 0.5) is 22.4 Å². The minimum absolute atomic E-state index is 0.101. The highest BCUT2D eigenvalue weighted by Crippen LogP contribution is 2.36. The Labute approximate surface area is 236 Å². The third-order valence-corrected chi connectivity index (χ3v) is 6.95. The second-order valence-corrected chi connectivity index (χ2v) is 10.0. The number of alkyl halides is 3. The lowest BCUT2D eigenvalue weighted by atomic mass is 10.0. The molecule has 12 heteroatoms. The first kappa shape index (κ1) is 27.9. The molecule has 40 heavy (non-hydrogen) atoms. The molecule has 5 rings (SSSR count). The van der Waals surface area contributed by atoms with Crippen LogP contribution in [0.3, 0.4) is 0 Å². The Hall–Kier alpha value is -3.60. The van der Waals surface area contributed by atoms with E-state index in [9.17, 15) is 22.4 Å². The number of fused-ring (bicyclic) bond motifs is 3. The van der Waals surface area contributed by atoms with Gasteiger partial charge in [0.05, 0.1) is 5.52 Å². The van der Waals surface area contributed by atoms with Gasteiger partial charge in [0.15, 0.2) is 11.6 Å². The van der Waals surface area contributed by atoms with Crippen molar-refractivity contribution in [3.63, 3.8) is 0 Å². The molecule has 0 spiro atoms. The molecule has 1 amide bonds. The molecule has 2 aromatic carbocycles. The molecule has 4 aromatic rings. The Morgan fingerprint density at radius 3 is 2.62 bits per heavy atom. The van der Waals surface area contributed by atoms with Gasteiger partial charge in [0.2, 0.25) is 0 Å². The monoisotopic (exact) mass is 592 g/mol. The predicted octanol–water partition coefficient (Wildman–Crippen LogP) is 7.21. The summed E-state index contributed by atoms with van der Waals surface area (Å²) in [5, 5.41) is 4.01. The van der Waals surface area contributed by atoms with Crippen LogP contribution < -0.4 is 10.1 Å². The fraction of sp³-hybridized carbons (Fsp3) is 0.214. The number of nitrogens with one attached hydrogen (secondary N) is 1. The Kier molecular flexibility index (Phi) is 8.02. The number of rotatable bonds is 6. The third-order valence-electron chi connectivity index (χ3n) is 6.49. The van der Waals surface area contributed by atoms with E-state index in [0.717, 1.165) is 17.7 Å². The van der Waals surface area contributed by atoms with Crippen molar-refractivity contribution in [2.75, 3.05) is 13.1 Å². The van der Waals surface area contributed by atoms with Crippen molar-refractivity contribution < 1.29 is 27.1 Å². The van der Waals surface area contributed by atoms with Crippen molar-refractivity contribution in [1.29, 1.82) is 0 Å². The number of aromatic nitrogens is 2. The summed E-state index contributed by atoms with van der Waals surface area (Å²) in [5.74, 6) is -2.18. The van der Waals surface area contributed by atoms with Crippen molar-refractivity contribution in [3.05, 3.63) is 99.2 Å². The summed E-state index contributed by atoms with van der Waals surface area (Å²) in [6.07, 6.45) is 0.756. The van der Waals surface area contributed by atoms with Gasteiger partial charge < -0.3 is 10.1 Å². The highest BCUT2D eigenvalue weighted by atomic mass is 35.5. The van der Waals surface area contributed by atoms with E-state index in [-0.39, 0.29) is 17.2 Å². The molecule has 0 atom stereocenters. The number of hydrogen-bond donors (Lipinski definition) is 1. The Bertz CT molecular complexity index is 1590. The maximum Gasteiger partial charge on any atom is 0.573 e. The molecule has 0 saturated carbocycles. The molecular formula is C28H22Cl2F4N4O2. The van der Waals surface area contributed by atoms with E-state index in [1.807, 2.05) is 24.3 Å². The second kappa shape index (κ2) is 11.5. The topological polar surface area (TPSA) is 59.4 Å². The molecule has 1 N–H and O–H groups in total. The van der Waals surface area contributed by atoms with Gasteiger partial charge in [0.1, 0.15) is 5.15 Å². The fourth-order valence-electron chi connectivity index (χ4n) is 4.72. The molecule has 1 aliphatic rings. The largest absolute Gasteiger partial charge is 0.573 e. The van der Waals surface area contributed by atoms with Gasteiger partial charge in [-0.15, -0.1) is 13.2 Å². The van der Waals surface area contributed by atoms with Gasteiger partial charge in [-0.1, -0.05) is 47.5 Å². The van der Waals surface area contributed by atoms with E-state index in [4.69, 9.17) is 23.2 Å². The van der Waals surface area contributed by atoms with Crippen molar-refractivity contribution in [1.82, 2.24) is 19.8 Å². The van der Waals surface area contributed by atoms with Gasteiger partial charge >= 0.3 is 12.4 Å². The van der Waals surface area contributed by atoms with Gasteiger partial charge in [-0.05, 0) is 47.0 Å². The van der Waals surface area contributed by atoms with Crippen LogP contribution in [0, 0.1) is 5.82 Å². The number of pyridine rings is 1. The zero-order valence-electron chi connectivity index (χ0n) is 20.8. The first-order chi connectivity index (χ1) is 19.1. The maximum absolute atomic E-state index is 14.8. The second-order valence-electron chi connectivity index (χ2n) is 9.19. The Morgan fingerprint density at radius 1 is 1.12 bits per heavy atom. The van der Waals surface area contributed by atoms with Crippen molar-refractivity contribution in [2.45, 2.75) is 25.9 Å². The Morgan fingerprint density at radius 2 is 1.90 bits per heavy atom. The average Bonchev–Trinajstić information content (AvgIpc) is 3.20. The average molecular weight is 593 g/mol. The molecule has 3 heterocycles. The number of hydrogen-bond acceptors (Lipinski definition) is 4. The van der Waals surface area contributed by atoms with Gasteiger partial charge in [0, 0.05) is 61.0 Å². The number of halogens is 6. The molecule has 0 fully saturated rings. The lowest BCUT2D eigenvalue weighted by molar-refractivity contribution is -0.275. The summed E-state index contributed by atoms with van der Waals surface area (Å²) in [6.45, 7) is 1.62. The first-order valence-electron chi connectivity index (χ1n) is 12.2. The molecule has 208 valence electrons. The number of ether oxygens (including phenoxy) is 1. The molecule has 2 aromatic heterocycles. The van der Waals surface area contributed by atoms with Crippen LogP contribution in [-0.2, 0) is 19.5 Å². The van der Waals surface area contributed by atoms with Crippen LogP contribution in [0.1, 0.15) is 22.4 Å². The molecule has 1 aliphatic heterocycles. The van der Waals surface area contributed by atoms with Gasteiger partial charge in [-0.25, -0.2) is 14.2 Å². The standard InChI is InChI=1S/C28H22Cl2F4N4O2/c29-19-5-3-17(4-6-19)2-1-10-37-11-8-23-21(16-37)20-13-22(31)25(40-28(32,33)34)14-24(20)38(23)27(39)36-15-18-7-9-35-26(30)12-18/h1-7,9,12-14H,8,10-11,15-16H2,(H,36,39). The van der Waals surface area contributed by atoms with Crippen molar-refractivity contribution in [3.8, 4) is 5.75 Å². The lowest BCUT2D eigenvalue weighted by Crippen LogP contribution is -2.34. The number of carbonyl (C=O) groups excluding carboxylic acids is 1. The molecule has 0 bridgehead atoms. The van der Waals surface area contributed by atoms with Crippen LogP contribution >= 0.6 is 23.2 Å². The minimum atomic E-state index is -5.10. The van der Waals surface area contributed by atoms with Crippen LogP contribution in [0.25, 0.3) is 17.0 Å². The van der Waals surface area contributed by atoms with Crippen LogP contribution in [0.5, 0.6) is 5.75 Å². The predicted molar refractivity (Wildman–Crippen MR) is 145 cm³/mol. The molecular weight excluding hydrogens is 571 g/mol. The summed E-state index contributed by atoms with van der Waals surface area (Å²) in [4.78, 5) is 19.4. The fourth-order valence-corrected chi connectivity index (χ4v) is 5.05. The van der Waals surface area contributed by atoms with E-state index >= 15 is 0 Å². The minimum Gasteiger partial charge on any atom is -0.403 e. The van der Waals surface area contributed by atoms with Gasteiger partial charge in [0.25, 0.3) is 0 Å². The first-order valence-corrected chi connectivity index (χ1v) is 13.0. The summed E-state index contributed by atoms with van der Waals surface area (Å²) in [7, 11) is 0. The van der Waals surface area contributed by atoms with E-state index in [2.05, 4.69) is 19.9 Å². The van der Waals surface area contributed by atoms with Gasteiger partial charge in [-0.3, -0.25) is 9.47 Å². The van der Waals surface area contributed by atoms with E-state index < -0.39 is 24.0 Å². The molecule has 0 radical (unpaired) electrons. The summed E-state index contributed by atoms with van der Waals surface area (Å²) in [6, 6.07) is 12.0. The normalized spacial score (nSPS) is 14.1. The highest BCUT2D eigenvalue weighted by Gasteiger charge is 2.34. The highest BCUT2D eigenvalue weighted by molar-refractivity contribution is 6.30. The number of nitrogens with zero attached hydrogens (tertiary/aromatic N) is 3. The lowest BCUT2D eigenvalue weighted by Gasteiger charge is -2.27. The van der Waals surface area contributed by atoms with Crippen LogP contribution in [0.15, 0.2) is 60.8 Å². The molecule has 0 saturated heterocycles. The number of carbonyl (C=O) groups is 1. The van der Waals surface area contributed by atoms with E-state index in [1.165, 1.54) is 10.8 Å². The van der Waals surface area contributed by atoms with E-state index in [0.29, 0.717) is 53.3 Å². The van der Waals surface area contributed by atoms with Crippen molar-refractivity contribution >= 4 is 46.2 Å². The van der Waals surface area contributed by atoms with Crippen LogP contribution in [-0.4, -0.2) is 39.9 Å². The smallest absolute Gasteiger partial charge is 0.403 e. The summed E-state index contributed by atoms with van der Waals surface area (Å²) < 4.78 is 58.8. The Balaban J connectivity index is 1.45. The maximum atomic E-state index is 14.8.